The third kappa shape index (κ3) is 3.97. The predicted octanol–water partition coefficient (Wildman–Crippen LogP) is 3.21. The topological polar surface area (TPSA) is 41.6 Å². The molecule has 2 aliphatic heterocycles. The van der Waals surface area contributed by atoms with Crippen molar-refractivity contribution in [1.82, 2.24) is 10.2 Å². The molecule has 0 unspecified atom stereocenters. The van der Waals surface area contributed by atoms with Crippen LogP contribution in [0.1, 0.15) is 41.2 Å². The molecule has 1 atom stereocenters. The van der Waals surface area contributed by atoms with E-state index in [9.17, 15) is 4.79 Å². The van der Waals surface area contributed by atoms with Gasteiger partial charge in [-0.05, 0) is 54.6 Å². The van der Waals surface area contributed by atoms with Crippen molar-refractivity contribution in [2.75, 3.05) is 19.7 Å². The van der Waals surface area contributed by atoms with Gasteiger partial charge in [0.2, 0.25) is 0 Å². The Morgan fingerprint density at radius 2 is 1.88 bits per heavy atom. The first-order valence-electron chi connectivity index (χ1n) is 9.57. The van der Waals surface area contributed by atoms with Crippen LogP contribution in [0.5, 0.6) is 0 Å². The molecule has 4 nitrogen and oxygen atoms in total. The number of hydrogen-bond acceptors (Lipinski definition) is 3. The number of fused-ring (bicyclic) bond motifs is 1. The van der Waals surface area contributed by atoms with Crippen LogP contribution in [-0.4, -0.2) is 30.5 Å². The van der Waals surface area contributed by atoms with E-state index in [2.05, 4.69) is 40.5 Å². The van der Waals surface area contributed by atoms with Crippen LogP contribution in [0.2, 0.25) is 0 Å². The highest BCUT2D eigenvalue weighted by atomic mass is 16.5. The summed E-state index contributed by atoms with van der Waals surface area (Å²) in [5.74, 6) is -0.0536. The van der Waals surface area contributed by atoms with Gasteiger partial charge in [-0.15, -0.1) is 0 Å². The van der Waals surface area contributed by atoms with Gasteiger partial charge in [0.05, 0.1) is 6.61 Å². The summed E-state index contributed by atoms with van der Waals surface area (Å²) in [7, 11) is 0. The maximum absolute atomic E-state index is 12.7. The number of benzene rings is 2. The molecule has 26 heavy (non-hydrogen) atoms. The standard InChI is InChI=1S/C22H26N2O2/c25-22(21-20-9-2-1-8-19(20)10-13-26-21)23-15-17-6-5-7-18(14-17)16-24-11-3-4-12-24/h1-2,5-9,14,21H,3-4,10-13,15-16H2,(H,23,25)/t21-/m1/s1. The largest absolute Gasteiger partial charge is 0.363 e. The zero-order chi connectivity index (χ0) is 17.8. The summed E-state index contributed by atoms with van der Waals surface area (Å²) in [6.07, 6.45) is 2.99. The molecule has 2 aliphatic rings. The van der Waals surface area contributed by atoms with E-state index in [-0.39, 0.29) is 5.91 Å². The molecule has 2 aromatic rings. The fraction of sp³-hybridized carbons (Fsp3) is 0.409. The zero-order valence-electron chi connectivity index (χ0n) is 15.1. The lowest BCUT2D eigenvalue weighted by Crippen LogP contribution is -2.33. The lowest BCUT2D eigenvalue weighted by molar-refractivity contribution is -0.134. The van der Waals surface area contributed by atoms with Crippen molar-refractivity contribution in [2.45, 2.75) is 38.5 Å². The molecule has 136 valence electrons. The Bertz CT molecular complexity index is 768. The number of rotatable bonds is 5. The number of likely N-dealkylation sites (tertiary alicyclic amines) is 1. The van der Waals surface area contributed by atoms with Gasteiger partial charge >= 0.3 is 0 Å². The Morgan fingerprint density at radius 3 is 2.77 bits per heavy atom. The molecular weight excluding hydrogens is 324 g/mol. The molecule has 1 saturated heterocycles. The molecule has 0 aliphatic carbocycles. The molecule has 4 heteroatoms. The maximum Gasteiger partial charge on any atom is 0.254 e. The summed E-state index contributed by atoms with van der Waals surface area (Å²) >= 11 is 0. The van der Waals surface area contributed by atoms with Gasteiger partial charge in [0, 0.05) is 13.1 Å². The Balaban J connectivity index is 1.37. The van der Waals surface area contributed by atoms with Gasteiger partial charge in [0.1, 0.15) is 0 Å². The second-order valence-electron chi connectivity index (χ2n) is 7.22. The van der Waals surface area contributed by atoms with E-state index in [1.165, 1.54) is 37.1 Å². The summed E-state index contributed by atoms with van der Waals surface area (Å²) in [4.78, 5) is 15.1. The quantitative estimate of drug-likeness (QED) is 0.900. The third-order valence-electron chi connectivity index (χ3n) is 5.29. The first-order chi connectivity index (χ1) is 12.8. The molecule has 1 N–H and O–H groups in total. The number of carbonyl (C=O) groups excluding carboxylic acids is 1. The molecule has 0 bridgehead atoms. The molecule has 0 aromatic heterocycles. The predicted molar refractivity (Wildman–Crippen MR) is 102 cm³/mol. The Morgan fingerprint density at radius 1 is 1.08 bits per heavy atom. The van der Waals surface area contributed by atoms with Gasteiger partial charge in [-0.2, -0.15) is 0 Å². The Hall–Kier alpha value is -2.17. The molecule has 4 rings (SSSR count). The summed E-state index contributed by atoms with van der Waals surface area (Å²) in [5, 5.41) is 3.05. The SMILES string of the molecule is O=C(NCc1cccc(CN2CCCC2)c1)[C@@H]1OCCc2ccccc21. The monoisotopic (exact) mass is 350 g/mol. The molecular formula is C22H26N2O2. The maximum atomic E-state index is 12.7. The van der Waals surface area contributed by atoms with E-state index in [4.69, 9.17) is 4.74 Å². The number of hydrogen-bond donors (Lipinski definition) is 1. The van der Waals surface area contributed by atoms with Crippen LogP contribution in [0.25, 0.3) is 0 Å². The lowest BCUT2D eigenvalue weighted by atomic mass is 9.97. The Labute approximate surface area is 155 Å². The highest BCUT2D eigenvalue weighted by Gasteiger charge is 2.26. The Kier molecular flexibility index (Phi) is 5.32. The molecule has 0 radical (unpaired) electrons. The number of nitrogens with one attached hydrogen (secondary N) is 1. The molecule has 2 aromatic carbocycles. The van der Waals surface area contributed by atoms with E-state index >= 15 is 0 Å². The lowest BCUT2D eigenvalue weighted by Gasteiger charge is -2.25. The summed E-state index contributed by atoms with van der Waals surface area (Å²) in [6.45, 7) is 4.52. The smallest absolute Gasteiger partial charge is 0.254 e. The molecule has 0 saturated carbocycles. The van der Waals surface area contributed by atoms with Crippen LogP contribution < -0.4 is 5.32 Å². The minimum absolute atomic E-state index is 0.0536. The summed E-state index contributed by atoms with van der Waals surface area (Å²) in [5.41, 5.74) is 4.67. The minimum Gasteiger partial charge on any atom is -0.363 e. The van der Waals surface area contributed by atoms with Crippen molar-refractivity contribution < 1.29 is 9.53 Å². The van der Waals surface area contributed by atoms with Crippen molar-refractivity contribution in [3.8, 4) is 0 Å². The van der Waals surface area contributed by atoms with Crippen LogP contribution in [0.3, 0.4) is 0 Å². The van der Waals surface area contributed by atoms with Crippen molar-refractivity contribution in [3.05, 3.63) is 70.8 Å². The fourth-order valence-corrected chi connectivity index (χ4v) is 3.93. The van der Waals surface area contributed by atoms with Crippen molar-refractivity contribution in [3.63, 3.8) is 0 Å². The molecule has 0 spiro atoms. The highest BCUT2D eigenvalue weighted by Crippen LogP contribution is 2.27. The van der Waals surface area contributed by atoms with Crippen LogP contribution >= 0.6 is 0 Å². The van der Waals surface area contributed by atoms with Crippen LogP contribution in [0, 0.1) is 0 Å². The number of carbonyl (C=O) groups is 1. The molecule has 1 amide bonds. The van der Waals surface area contributed by atoms with Gasteiger partial charge in [-0.3, -0.25) is 9.69 Å². The second-order valence-corrected chi connectivity index (χ2v) is 7.22. The summed E-state index contributed by atoms with van der Waals surface area (Å²) < 4.78 is 5.75. The van der Waals surface area contributed by atoms with E-state index in [1.807, 2.05) is 18.2 Å². The van der Waals surface area contributed by atoms with Crippen LogP contribution in [-0.2, 0) is 29.0 Å². The van der Waals surface area contributed by atoms with Crippen molar-refractivity contribution >= 4 is 5.91 Å². The van der Waals surface area contributed by atoms with E-state index in [1.54, 1.807) is 0 Å². The average Bonchev–Trinajstić information content (AvgIpc) is 3.19. The number of amides is 1. The van der Waals surface area contributed by atoms with E-state index < -0.39 is 6.10 Å². The number of nitrogens with zero attached hydrogens (tertiary/aromatic N) is 1. The van der Waals surface area contributed by atoms with Crippen LogP contribution in [0.15, 0.2) is 48.5 Å². The van der Waals surface area contributed by atoms with Gasteiger partial charge in [-0.25, -0.2) is 0 Å². The fourth-order valence-electron chi connectivity index (χ4n) is 3.93. The minimum atomic E-state index is -0.493. The normalized spacial score (nSPS) is 19.9. The second kappa shape index (κ2) is 8.02. The van der Waals surface area contributed by atoms with Crippen LogP contribution in [0.4, 0.5) is 0 Å². The summed E-state index contributed by atoms with van der Waals surface area (Å²) in [6, 6.07) is 16.6. The van der Waals surface area contributed by atoms with Crippen molar-refractivity contribution in [1.29, 1.82) is 0 Å². The highest BCUT2D eigenvalue weighted by molar-refractivity contribution is 5.82. The zero-order valence-corrected chi connectivity index (χ0v) is 15.1. The number of ether oxygens (including phenoxy) is 1. The molecule has 2 heterocycles. The van der Waals surface area contributed by atoms with Gasteiger partial charge < -0.3 is 10.1 Å². The average molecular weight is 350 g/mol. The van der Waals surface area contributed by atoms with E-state index in [0.717, 1.165) is 24.1 Å². The first-order valence-corrected chi connectivity index (χ1v) is 9.57. The first kappa shape index (κ1) is 17.3. The van der Waals surface area contributed by atoms with Gasteiger partial charge in [0.25, 0.3) is 5.91 Å². The molecule has 1 fully saturated rings. The van der Waals surface area contributed by atoms with E-state index in [0.29, 0.717) is 13.2 Å². The third-order valence-corrected chi connectivity index (χ3v) is 5.29. The van der Waals surface area contributed by atoms with Crippen molar-refractivity contribution in [2.24, 2.45) is 0 Å². The van der Waals surface area contributed by atoms with Gasteiger partial charge in [-0.1, -0.05) is 48.5 Å². The van der Waals surface area contributed by atoms with Gasteiger partial charge in [0.15, 0.2) is 6.10 Å².